The van der Waals surface area contributed by atoms with E-state index in [0.717, 1.165) is 13.1 Å². The van der Waals surface area contributed by atoms with E-state index in [1.807, 2.05) is 13.8 Å². The molecule has 19 heavy (non-hydrogen) atoms. The molecular formula is C13H24N2O4. The predicted molar refractivity (Wildman–Crippen MR) is 70.8 cm³/mol. The van der Waals surface area contributed by atoms with Crippen LogP contribution in [0.2, 0.25) is 0 Å². The van der Waals surface area contributed by atoms with Crippen LogP contribution in [0.4, 0.5) is 4.79 Å². The number of carbonyl (C=O) groups is 2. The van der Waals surface area contributed by atoms with Crippen molar-refractivity contribution in [2.24, 2.45) is 5.41 Å². The van der Waals surface area contributed by atoms with Crippen LogP contribution >= 0.6 is 0 Å². The first-order chi connectivity index (χ1) is 8.90. The molecule has 6 heteroatoms. The molecule has 0 N–H and O–H groups in total. The van der Waals surface area contributed by atoms with Gasteiger partial charge in [-0.25, -0.2) is 4.79 Å². The lowest BCUT2D eigenvalue weighted by Crippen LogP contribution is -2.52. The molecule has 1 heterocycles. The topological polar surface area (TPSA) is 59.1 Å². The molecule has 6 nitrogen and oxygen atoms in total. The van der Waals surface area contributed by atoms with Gasteiger partial charge in [-0.05, 0) is 20.8 Å². The quantitative estimate of drug-likeness (QED) is 0.713. The van der Waals surface area contributed by atoms with Gasteiger partial charge in [-0.2, -0.15) is 0 Å². The SMILES string of the molecule is CCOC(=O)N1CCN(CC(C)(C)C(=O)OC)CC1. The smallest absolute Gasteiger partial charge is 0.409 e. The van der Waals surface area contributed by atoms with Crippen LogP contribution < -0.4 is 0 Å². The van der Waals surface area contributed by atoms with Crippen LogP contribution in [0.3, 0.4) is 0 Å². The van der Waals surface area contributed by atoms with Crippen molar-refractivity contribution in [1.82, 2.24) is 9.80 Å². The summed E-state index contributed by atoms with van der Waals surface area (Å²) in [6.45, 7) is 9.34. The van der Waals surface area contributed by atoms with Crippen molar-refractivity contribution in [3.05, 3.63) is 0 Å². The van der Waals surface area contributed by atoms with E-state index in [2.05, 4.69) is 4.90 Å². The van der Waals surface area contributed by atoms with E-state index in [-0.39, 0.29) is 12.1 Å². The summed E-state index contributed by atoms with van der Waals surface area (Å²) in [5.41, 5.74) is -0.527. The van der Waals surface area contributed by atoms with Crippen molar-refractivity contribution in [1.29, 1.82) is 0 Å². The standard InChI is InChI=1S/C13H24N2O4/c1-5-19-12(17)15-8-6-14(7-9-15)10-13(2,3)11(16)18-4/h5-10H2,1-4H3. The summed E-state index contributed by atoms with van der Waals surface area (Å²) in [6.07, 6.45) is -0.255. The summed E-state index contributed by atoms with van der Waals surface area (Å²) < 4.78 is 9.77. The number of methoxy groups -OCH3 is 1. The Kier molecular flexibility index (Phi) is 5.60. The fraction of sp³-hybridized carbons (Fsp3) is 0.846. The van der Waals surface area contributed by atoms with E-state index in [9.17, 15) is 9.59 Å². The van der Waals surface area contributed by atoms with Crippen molar-refractivity contribution < 1.29 is 19.1 Å². The van der Waals surface area contributed by atoms with Crippen LogP contribution in [-0.2, 0) is 14.3 Å². The highest BCUT2D eigenvalue weighted by molar-refractivity contribution is 5.76. The third-order valence-corrected chi connectivity index (χ3v) is 3.26. The lowest BCUT2D eigenvalue weighted by atomic mass is 9.92. The molecule has 0 radical (unpaired) electrons. The van der Waals surface area contributed by atoms with Gasteiger partial charge < -0.3 is 14.4 Å². The monoisotopic (exact) mass is 272 g/mol. The molecule has 0 aromatic heterocycles. The summed E-state index contributed by atoms with van der Waals surface area (Å²) in [6, 6.07) is 0. The van der Waals surface area contributed by atoms with Crippen molar-refractivity contribution in [2.45, 2.75) is 20.8 Å². The number of amides is 1. The van der Waals surface area contributed by atoms with Crippen molar-refractivity contribution in [3.63, 3.8) is 0 Å². The van der Waals surface area contributed by atoms with E-state index < -0.39 is 5.41 Å². The minimum absolute atomic E-state index is 0.208. The molecule has 0 atom stereocenters. The number of nitrogens with zero attached hydrogens (tertiary/aromatic N) is 2. The van der Waals surface area contributed by atoms with Gasteiger partial charge in [-0.3, -0.25) is 9.69 Å². The van der Waals surface area contributed by atoms with E-state index >= 15 is 0 Å². The molecule has 0 unspecified atom stereocenters. The fourth-order valence-corrected chi connectivity index (χ4v) is 2.20. The van der Waals surface area contributed by atoms with Crippen molar-refractivity contribution in [2.75, 3.05) is 46.4 Å². The van der Waals surface area contributed by atoms with Gasteiger partial charge in [0.2, 0.25) is 0 Å². The minimum Gasteiger partial charge on any atom is -0.469 e. The van der Waals surface area contributed by atoms with Crippen LogP contribution in [0.25, 0.3) is 0 Å². The van der Waals surface area contributed by atoms with Gasteiger partial charge in [0.15, 0.2) is 0 Å². The van der Waals surface area contributed by atoms with Crippen LogP contribution in [0.5, 0.6) is 0 Å². The first kappa shape index (κ1) is 15.8. The van der Waals surface area contributed by atoms with Gasteiger partial charge in [0.05, 0.1) is 19.1 Å². The van der Waals surface area contributed by atoms with Gasteiger partial charge in [-0.1, -0.05) is 0 Å². The Balaban J connectivity index is 2.42. The van der Waals surface area contributed by atoms with E-state index in [1.165, 1.54) is 7.11 Å². The Hall–Kier alpha value is -1.30. The maximum atomic E-state index is 11.6. The number of esters is 1. The highest BCUT2D eigenvalue weighted by Gasteiger charge is 2.33. The van der Waals surface area contributed by atoms with Gasteiger partial charge in [0.1, 0.15) is 0 Å². The number of hydrogen-bond donors (Lipinski definition) is 0. The van der Waals surface area contributed by atoms with Gasteiger partial charge >= 0.3 is 12.1 Å². The normalized spacial score (nSPS) is 17.2. The molecule has 1 aliphatic rings. The molecule has 0 saturated carbocycles. The van der Waals surface area contributed by atoms with Crippen LogP contribution in [0.15, 0.2) is 0 Å². The second-order valence-corrected chi connectivity index (χ2v) is 5.34. The van der Waals surface area contributed by atoms with Crippen LogP contribution in [-0.4, -0.2) is 68.3 Å². The molecule has 0 bridgehead atoms. The molecular weight excluding hydrogens is 248 g/mol. The Morgan fingerprint density at radius 2 is 1.74 bits per heavy atom. The summed E-state index contributed by atoms with van der Waals surface area (Å²) in [7, 11) is 1.41. The van der Waals surface area contributed by atoms with Gasteiger partial charge in [0, 0.05) is 32.7 Å². The first-order valence-electron chi connectivity index (χ1n) is 6.63. The number of piperazine rings is 1. The summed E-state index contributed by atoms with van der Waals surface area (Å²) in [4.78, 5) is 27.1. The van der Waals surface area contributed by atoms with Crippen LogP contribution in [0.1, 0.15) is 20.8 Å². The second kappa shape index (κ2) is 6.75. The average molecular weight is 272 g/mol. The molecule has 0 aliphatic carbocycles. The zero-order valence-corrected chi connectivity index (χ0v) is 12.3. The lowest BCUT2D eigenvalue weighted by Gasteiger charge is -2.37. The second-order valence-electron chi connectivity index (χ2n) is 5.34. The number of ether oxygens (including phenoxy) is 2. The third kappa shape index (κ3) is 4.38. The van der Waals surface area contributed by atoms with E-state index in [4.69, 9.17) is 9.47 Å². The van der Waals surface area contributed by atoms with E-state index in [0.29, 0.717) is 26.2 Å². The zero-order chi connectivity index (χ0) is 14.5. The van der Waals surface area contributed by atoms with Crippen molar-refractivity contribution in [3.8, 4) is 0 Å². The number of carbonyl (C=O) groups excluding carboxylic acids is 2. The Bertz CT molecular complexity index is 323. The Labute approximate surface area is 114 Å². The average Bonchev–Trinajstić information content (AvgIpc) is 2.38. The summed E-state index contributed by atoms with van der Waals surface area (Å²) >= 11 is 0. The molecule has 1 fully saturated rings. The highest BCUT2D eigenvalue weighted by atomic mass is 16.6. The maximum Gasteiger partial charge on any atom is 0.409 e. The molecule has 1 rings (SSSR count). The first-order valence-corrected chi connectivity index (χ1v) is 6.63. The zero-order valence-electron chi connectivity index (χ0n) is 12.3. The number of hydrogen-bond acceptors (Lipinski definition) is 5. The van der Waals surface area contributed by atoms with E-state index in [1.54, 1.807) is 11.8 Å². The third-order valence-electron chi connectivity index (χ3n) is 3.26. The maximum absolute atomic E-state index is 11.6. The summed E-state index contributed by atoms with van der Waals surface area (Å²) in [5, 5.41) is 0. The van der Waals surface area contributed by atoms with Crippen LogP contribution in [0, 0.1) is 5.41 Å². The van der Waals surface area contributed by atoms with Gasteiger partial charge in [-0.15, -0.1) is 0 Å². The van der Waals surface area contributed by atoms with Crippen molar-refractivity contribution >= 4 is 12.1 Å². The van der Waals surface area contributed by atoms with Gasteiger partial charge in [0.25, 0.3) is 0 Å². The fourth-order valence-electron chi connectivity index (χ4n) is 2.20. The predicted octanol–water partition coefficient (Wildman–Crippen LogP) is 0.960. The molecule has 1 saturated heterocycles. The largest absolute Gasteiger partial charge is 0.469 e. The Morgan fingerprint density at radius 3 is 2.21 bits per heavy atom. The Morgan fingerprint density at radius 1 is 1.16 bits per heavy atom. The highest BCUT2D eigenvalue weighted by Crippen LogP contribution is 2.20. The minimum atomic E-state index is -0.527. The molecule has 0 aromatic carbocycles. The molecule has 1 aliphatic heterocycles. The molecule has 110 valence electrons. The lowest BCUT2D eigenvalue weighted by molar-refractivity contribution is -0.152. The summed E-state index contributed by atoms with van der Waals surface area (Å²) in [5.74, 6) is -0.208. The number of rotatable bonds is 4. The molecule has 1 amide bonds. The molecule has 0 aromatic rings. The molecule has 0 spiro atoms.